The molecule has 140 valence electrons. The van der Waals surface area contributed by atoms with Gasteiger partial charge in [0, 0.05) is 18.8 Å². The van der Waals surface area contributed by atoms with Crippen LogP contribution in [0.4, 0.5) is 10.6 Å². The number of hydrogen-bond acceptors (Lipinski definition) is 4. The molecule has 7 nitrogen and oxygen atoms in total. The minimum Gasteiger partial charge on any atom is -0.410 e. The Labute approximate surface area is 162 Å². The van der Waals surface area contributed by atoms with E-state index < -0.39 is 6.09 Å². The normalized spacial score (nSPS) is 10.6. The standard InChI is InChI=1S/C21H19N5O2/c1-15-19(18-13-14-22-25(18)2)24-26(16-9-5-3-6-10-16)20(15)23-21(27)28-17-11-7-4-8-12-17/h3-14H,1-2H3,(H,23,27). The lowest BCUT2D eigenvalue weighted by Crippen LogP contribution is -2.19. The number of anilines is 1. The maximum atomic E-state index is 12.5. The van der Waals surface area contributed by atoms with Crippen LogP contribution in [0, 0.1) is 6.92 Å². The first kappa shape index (κ1) is 17.5. The highest BCUT2D eigenvalue weighted by molar-refractivity contribution is 5.88. The number of para-hydroxylation sites is 2. The molecular formula is C21H19N5O2. The van der Waals surface area contributed by atoms with Crippen LogP contribution in [0.3, 0.4) is 0 Å². The van der Waals surface area contributed by atoms with Crippen molar-refractivity contribution in [2.75, 3.05) is 5.32 Å². The summed E-state index contributed by atoms with van der Waals surface area (Å²) in [5.74, 6) is 1.01. The van der Waals surface area contributed by atoms with Gasteiger partial charge < -0.3 is 4.74 Å². The van der Waals surface area contributed by atoms with E-state index in [0.717, 1.165) is 22.6 Å². The van der Waals surface area contributed by atoms with E-state index in [1.54, 1.807) is 27.7 Å². The van der Waals surface area contributed by atoms with Gasteiger partial charge in [0.25, 0.3) is 0 Å². The van der Waals surface area contributed by atoms with Crippen molar-refractivity contribution in [1.82, 2.24) is 19.6 Å². The molecule has 28 heavy (non-hydrogen) atoms. The van der Waals surface area contributed by atoms with Crippen LogP contribution in [-0.4, -0.2) is 25.7 Å². The minimum absolute atomic E-state index is 0.468. The van der Waals surface area contributed by atoms with Gasteiger partial charge >= 0.3 is 6.09 Å². The number of nitrogens with zero attached hydrogens (tertiary/aromatic N) is 4. The number of rotatable bonds is 4. The molecule has 4 rings (SSSR count). The quantitative estimate of drug-likeness (QED) is 0.582. The lowest BCUT2D eigenvalue weighted by Gasteiger charge is -2.10. The van der Waals surface area contributed by atoms with Crippen molar-refractivity contribution in [3.8, 4) is 22.8 Å². The van der Waals surface area contributed by atoms with Crippen molar-refractivity contribution in [2.24, 2.45) is 7.05 Å². The second-order valence-corrected chi connectivity index (χ2v) is 6.24. The van der Waals surface area contributed by atoms with E-state index in [9.17, 15) is 4.79 Å². The van der Waals surface area contributed by atoms with Crippen LogP contribution in [0.5, 0.6) is 5.75 Å². The zero-order chi connectivity index (χ0) is 19.5. The number of aryl methyl sites for hydroxylation is 1. The molecule has 0 radical (unpaired) electrons. The number of ether oxygens (including phenoxy) is 1. The molecule has 2 aromatic heterocycles. The van der Waals surface area contributed by atoms with Gasteiger partial charge in [0.15, 0.2) is 0 Å². The molecule has 0 aliphatic carbocycles. The fourth-order valence-corrected chi connectivity index (χ4v) is 2.97. The van der Waals surface area contributed by atoms with E-state index in [0.29, 0.717) is 11.6 Å². The van der Waals surface area contributed by atoms with Crippen molar-refractivity contribution in [1.29, 1.82) is 0 Å². The third-order valence-corrected chi connectivity index (χ3v) is 4.36. The molecule has 2 aromatic carbocycles. The van der Waals surface area contributed by atoms with Crippen molar-refractivity contribution in [3.05, 3.63) is 78.5 Å². The highest BCUT2D eigenvalue weighted by Gasteiger charge is 2.21. The van der Waals surface area contributed by atoms with Crippen molar-refractivity contribution < 1.29 is 9.53 Å². The van der Waals surface area contributed by atoms with Gasteiger partial charge in [-0.1, -0.05) is 36.4 Å². The van der Waals surface area contributed by atoms with Crippen LogP contribution < -0.4 is 10.1 Å². The molecule has 0 aliphatic heterocycles. The summed E-state index contributed by atoms with van der Waals surface area (Å²) in [4.78, 5) is 12.5. The molecule has 0 saturated heterocycles. The van der Waals surface area contributed by atoms with E-state index in [-0.39, 0.29) is 0 Å². The lowest BCUT2D eigenvalue weighted by molar-refractivity contribution is 0.215. The Hall–Kier alpha value is -3.87. The van der Waals surface area contributed by atoms with E-state index in [4.69, 9.17) is 9.84 Å². The topological polar surface area (TPSA) is 74.0 Å². The van der Waals surface area contributed by atoms with Gasteiger partial charge in [-0.25, -0.2) is 9.48 Å². The molecule has 0 saturated carbocycles. The number of aromatic nitrogens is 4. The summed E-state index contributed by atoms with van der Waals surface area (Å²) >= 11 is 0. The Kier molecular flexibility index (Phi) is 4.63. The molecule has 4 aromatic rings. The van der Waals surface area contributed by atoms with E-state index >= 15 is 0 Å². The molecule has 0 bridgehead atoms. The maximum absolute atomic E-state index is 12.5. The molecule has 0 atom stereocenters. The van der Waals surface area contributed by atoms with Gasteiger partial charge in [0.05, 0.1) is 11.4 Å². The van der Waals surface area contributed by atoms with Gasteiger partial charge in [-0.15, -0.1) is 0 Å². The molecule has 2 heterocycles. The first-order valence-corrected chi connectivity index (χ1v) is 8.81. The molecule has 0 spiro atoms. The van der Waals surface area contributed by atoms with Crippen LogP contribution >= 0.6 is 0 Å². The number of carbonyl (C=O) groups is 1. The highest BCUT2D eigenvalue weighted by atomic mass is 16.6. The Morgan fingerprint density at radius 3 is 2.32 bits per heavy atom. The number of nitrogens with one attached hydrogen (secondary N) is 1. The van der Waals surface area contributed by atoms with Crippen LogP contribution in [0.2, 0.25) is 0 Å². The van der Waals surface area contributed by atoms with Crippen molar-refractivity contribution >= 4 is 11.9 Å². The average Bonchev–Trinajstić information content (AvgIpc) is 3.27. The smallest absolute Gasteiger partial charge is 0.410 e. The first-order chi connectivity index (χ1) is 13.6. The molecule has 1 amide bonds. The van der Waals surface area contributed by atoms with Gasteiger partial charge in [-0.05, 0) is 37.3 Å². The minimum atomic E-state index is -0.581. The second-order valence-electron chi connectivity index (χ2n) is 6.24. The molecule has 0 aliphatic rings. The molecule has 1 N–H and O–H groups in total. The lowest BCUT2D eigenvalue weighted by atomic mass is 10.2. The predicted octanol–water partition coefficient (Wildman–Crippen LogP) is 4.19. The van der Waals surface area contributed by atoms with Gasteiger partial charge in [-0.3, -0.25) is 10.00 Å². The summed E-state index contributed by atoms with van der Waals surface area (Å²) in [6.45, 7) is 1.91. The molecule has 7 heteroatoms. The summed E-state index contributed by atoms with van der Waals surface area (Å²) in [6, 6.07) is 20.4. The Bertz CT molecular complexity index is 1100. The number of amides is 1. The van der Waals surface area contributed by atoms with Crippen molar-refractivity contribution in [2.45, 2.75) is 6.92 Å². The fraction of sp³-hybridized carbons (Fsp3) is 0.0952. The summed E-state index contributed by atoms with van der Waals surface area (Å²) < 4.78 is 8.82. The van der Waals surface area contributed by atoms with Crippen LogP contribution in [0.25, 0.3) is 17.1 Å². The SMILES string of the molecule is Cc1c(-c2ccnn2C)nn(-c2ccccc2)c1NC(=O)Oc1ccccc1. The van der Waals surface area contributed by atoms with E-state index in [1.807, 2.05) is 68.6 Å². The van der Waals surface area contributed by atoms with Crippen LogP contribution in [0.1, 0.15) is 5.56 Å². The monoisotopic (exact) mass is 373 g/mol. The highest BCUT2D eigenvalue weighted by Crippen LogP contribution is 2.30. The number of benzene rings is 2. The molecular weight excluding hydrogens is 354 g/mol. The molecule has 0 fully saturated rings. The Morgan fingerprint density at radius 2 is 1.68 bits per heavy atom. The van der Waals surface area contributed by atoms with Gasteiger partial charge in [0.2, 0.25) is 0 Å². The van der Waals surface area contributed by atoms with Crippen molar-refractivity contribution in [3.63, 3.8) is 0 Å². The Balaban J connectivity index is 1.73. The fourth-order valence-electron chi connectivity index (χ4n) is 2.97. The van der Waals surface area contributed by atoms with Crippen LogP contribution in [0.15, 0.2) is 72.9 Å². The summed E-state index contributed by atoms with van der Waals surface area (Å²) in [7, 11) is 1.85. The van der Waals surface area contributed by atoms with Crippen LogP contribution in [-0.2, 0) is 7.05 Å². The Morgan fingerprint density at radius 1 is 1.00 bits per heavy atom. The maximum Gasteiger partial charge on any atom is 0.418 e. The third kappa shape index (κ3) is 3.37. The predicted molar refractivity (Wildman–Crippen MR) is 107 cm³/mol. The summed E-state index contributed by atoms with van der Waals surface area (Å²) in [6.07, 6.45) is 1.13. The van der Waals surface area contributed by atoms with Gasteiger partial charge in [-0.2, -0.15) is 10.2 Å². The van der Waals surface area contributed by atoms with E-state index in [1.165, 1.54) is 0 Å². The first-order valence-electron chi connectivity index (χ1n) is 8.81. The number of hydrogen-bond donors (Lipinski definition) is 1. The number of carbonyl (C=O) groups excluding carboxylic acids is 1. The zero-order valence-electron chi connectivity index (χ0n) is 15.5. The second kappa shape index (κ2) is 7.40. The summed E-state index contributed by atoms with van der Waals surface area (Å²) in [5, 5.41) is 11.8. The zero-order valence-corrected chi connectivity index (χ0v) is 15.5. The third-order valence-electron chi connectivity index (χ3n) is 4.36. The average molecular weight is 373 g/mol. The largest absolute Gasteiger partial charge is 0.418 e. The summed E-state index contributed by atoms with van der Waals surface area (Å²) in [5.41, 5.74) is 3.23. The molecule has 0 unspecified atom stereocenters. The van der Waals surface area contributed by atoms with Gasteiger partial charge in [0.1, 0.15) is 17.3 Å². The van der Waals surface area contributed by atoms with E-state index in [2.05, 4.69) is 10.4 Å².